The first-order valence-corrected chi connectivity index (χ1v) is 14.2. The van der Waals surface area contributed by atoms with Gasteiger partial charge in [-0.3, -0.25) is 9.59 Å². The van der Waals surface area contributed by atoms with Crippen LogP contribution in [0.3, 0.4) is 0 Å². The van der Waals surface area contributed by atoms with Gasteiger partial charge < -0.3 is 14.7 Å². The zero-order chi connectivity index (χ0) is 27.4. The lowest BCUT2D eigenvalue weighted by Gasteiger charge is -2.37. The Kier molecular flexibility index (Phi) is 7.22. The number of pyridine rings is 2. The average molecular weight is 574 g/mol. The number of allylic oxidation sites excluding steroid dienone is 1. The minimum absolute atomic E-state index is 0.0215. The van der Waals surface area contributed by atoms with Crippen LogP contribution < -0.4 is 0 Å². The fourth-order valence-electron chi connectivity index (χ4n) is 5.55. The lowest BCUT2D eigenvalue weighted by molar-refractivity contribution is -0.140. The predicted molar refractivity (Wildman–Crippen MR) is 151 cm³/mol. The second kappa shape index (κ2) is 10.2. The van der Waals surface area contributed by atoms with E-state index in [2.05, 4.69) is 35.6 Å². The summed E-state index contributed by atoms with van der Waals surface area (Å²) in [5.74, 6) is -0.138. The van der Waals surface area contributed by atoms with E-state index in [0.29, 0.717) is 28.2 Å². The third-order valence-corrected chi connectivity index (χ3v) is 8.87. The molecule has 0 saturated carbocycles. The standard InChI is InChI=1S/C27H30Cl2N6O2S/c1-15(2)21-22(25(37)34-12-6-7-18(34)24(36)33(4)5)38-26-32-27(3,17-9-11-20(29)31-14-17)23(35(21)26)16-8-10-19(28)30-13-16/h8-11,13-15,18,23H,6-7,12H2,1-5H3/t18-,23?,27-/m0/s1. The number of aliphatic imine (C=N–C) groups is 1. The number of carbonyl (C=O) groups excluding carboxylic acids is 2. The fourth-order valence-corrected chi connectivity index (χ4v) is 7.14. The number of amidine groups is 1. The van der Waals surface area contributed by atoms with Crippen LogP contribution in [0.2, 0.25) is 10.3 Å². The maximum atomic E-state index is 14.0. The monoisotopic (exact) mass is 572 g/mol. The molecule has 3 aliphatic heterocycles. The molecule has 3 aliphatic rings. The minimum atomic E-state index is -0.721. The summed E-state index contributed by atoms with van der Waals surface area (Å²) in [5.41, 5.74) is 1.99. The SMILES string of the molecule is CC(C)C1=C(C(=O)N2CCC[C@H]2C(=O)N(C)C)SC2=N[C@@](C)(c3ccc(Cl)nc3)C(c3ccc(Cl)nc3)N21. The van der Waals surface area contributed by atoms with Crippen molar-refractivity contribution in [2.24, 2.45) is 10.9 Å². The van der Waals surface area contributed by atoms with Crippen molar-refractivity contribution < 1.29 is 9.59 Å². The van der Waals surface area contributed by atoms with Gasteiger partial charge in [0.2, 0.25) is 5.91 Å². The van der Waals surface area contributed by atoms with Crippen LogP contribution in [-0.2, 0) is 15.1 Å². The maximum absolute atomic E-state index is 14.0. The smallest absolute Gasteiger partial charge is 0.263 e. The number of aromatic nitrogens is 2. The number of halogens is 2. The summed E-state index contributed by atoms with van der Waals surface area (Å²) in [4.78, 5) is 46.9. The molecule has 2 aromatic heterocycles. The van der Waals surface area contributed by atoms with Crippen molar-refractivity contribution in [3.05, 3.63) is 68.7 Å². The summed E-state index contributed by atoms with van der Waals surface area (Å²) < 4.78 is 0. The van der Waals surface area contributed by atoms with Gasteiger partial charge in [-0.05, 0) is 55.1 Å². The molecule has 0 aliphatic carbocycles. The molecule has 8 nitrogen and oxygen atoms in total. The second-order valence-corrected chi connectivity index (χ2v) is 12.2. The number of hydrogen-bond acceptors (Lipinski definition) is 7. The average Bonchev–Trinajstić information content (AvgIpc) is 3.57. The zero-order valence-electron chi connectivity index (χ0n) is 22.0. The van der Waals surface area contributed by atoms with E-state index in [1.165, 1.54) is 11.8 Å². The summed E-state index contributed by atoms with van der Waals surface area (Å²) in [7, 11) is 3.46. The number of likely N-dealkylation sites (N-methyl/N-ethyl adjacent to an activating group) is 1. The van der Waals surface area contributed by atoms with Gasteiger partial charge in [0.25, 0.3) is 5.91 Å². The van der Waals surface area contributed by atoms with E-state index in [4.69, 9.17) is 28.2 Å². The molecule has 0 aromatic carbocycles. The molecule has 0 bridgehead atoms. The van der Waals surface area contributed by atoms with E-state index in [1.807, 2.05) is 12.1 Å². The van der Waals surface area contributed by atoms with Crippen LogP contribution in [0.1, 0.15) is 50.8 Å². The number of rotatable bonds is 5. The fraction of sp³-hybridized carbons (Fsp3) is 0.444. The van der Waals surface area contributed by atoms with E-state index >= 15 is 0 Å². The number of nitrogens with zero attached hydrogens (tertiary/aromatic N) is 6. The van der Waals surface area contributed by atoms with Crippen LogP contribution >= 0.6 is 35.0 Å². The van der Waals surface area contributed by atoms with Gasteiger partial charge in [0, 0.05) is 44.3 Å². The quantitative estimate of drug-likeness (QED) is 0.463. The van der Waals surface area contributed by atoms with Gasteiger partial charge in [-0.1, -0.05) is 49.2 Å². The molecule has 11 heteroatoms. The Morgan fingerprint density at radius 3 is 2.37 bits per heavy atom. The molecule has 0 spiro atoms. The number of hydrogen-bond donors (Lipinski definition) is 0. The van der Waals surface area contributed by atoms with Crippen molar-refractivity contribution >= 4 is 51.9 Å². The molecule has 1 unspecified atom stereocenters. The van der Waals surface area contributed by atoms with Crippen molar-refractivity contribution in [1.82, 2.24) is 24.7 Å². The van der Waals surface area contributed by atoms with E-state index in [9.17, 15) is 9.59 Å². The minimum Gasteiger partial charge on any atom is -0.347 e. The van der Waals surface area contributed by atoms with Gasteiger partial charge in [0.15, 0.2) is 5.17 Å². The lowest BCUT2D eigenvalue weighted by Crippen LogP contribution is -2.46. The van der Waals surface area contributed by atoms with Crippen molar-refractivity contribution in [1.29, 1.82) is 0 Å². The Balaban J connectivity index is 1.61. The van der Waals surface area contributed by atoms with Crippen molar-refractivity contribution in [3.63, 3.8) is 0 Å². The van der Waals surface area contributed by atoms with Gasteiger partial charge in [0.1, 0.15) is 26.8 Å². The summed E-state index contributed by atoms with van der Waals surface area (Å²) in [6.45, 7) is 6.78. The maximum Gasteiger partial charge on any atom is 0.263 e. The Bertz CT molecular complexity index is 1330. The summed E-state index contributed by atoms with van der Waals surface area (Å²) in [6, 6.07) is 6.69. The number of carbonyl (C=O) groups is 2. The Labute approximate surface area is 237 Å². The molecule has 2 aromatic rings. The van der Waals surface area contributed by atoms with Crippen molar-refractivity contribution in [3.8, 4) is 0 Å². The summed E-state index contributed by atoms with van der Waals surface area (Å²) >= 11 is 13.6. The molecule has 5 rings (SSSR count). The number of thioether (sulfide) groups is 1. The molecular weight excluding hydrogens is 543 g/mol. The summed E-state index contributed by atoms with van der Waals surface area (Å²) in [6.07, 6.45) is 4.99. The molecule has 2 amide bonds. The largest absolute Gasteiger partial charge is 0.347 e. The van der Waals surface area contributed by atoms with E-state index in [0.717, 1.165) is 28.4 Å². The first-order chi connectivity index (χ1) is 18.0. The highest BCUT2D eigenvalue weighted by atomic mass is 35.5. The van der Waals surface area contributed by atoms with E-state index < -0.39 is 11.6 Å². The molecule has 0 N–H and O–H groups in total. The van der Waals surface area contributed by atoms with Gasteiger partial charge in [-0.15, -0.1) is 0 Å². The highest BCUT2D eigenvalue weighted by Crippen LogP contribution is 2.56. The van der Waals surface area contributed by atoms with Crippen LogP contribution in [0.4, 0.5) is 0 Å². The van der Waals surface area contributed by atoms with Crippen molar-refractivity contribution in [2.75, 3.05) is 20.6 Å². The van der Waals surface area contributed by atoms with Crippen LogP contribution in [-0.4, -0.2) is 68.3 Å². The van der Waals surface area contributed by atoms with Gasteiger partial charge >= 0.3 is 0 Å². The Morgan fingerprint density at radius 2 is 1.79 bits per heavy atom. The predicted octanol–water partition coefficient (Wildman–Crippen LogP) is 5.11. The highest BCUT2D eigenvalue weighted by Gasteiger charge is 2.54. The zero-order valence-corrected chi connectivity index (χ0v) is 24.3. The van der Waals surface area contributed by atoms with Crippen LogP contribution in [0.5, 0.6) is 0 Å². The molecule has 3 atom stereocenters. The van der Waals surface area contributed by atoms with Gasteiger partial charge in [0.05, 0.1) is 6.04 Å². The highest BCUT2D eigenvalue weighted by molar-refractivity contribution is 8.18. The first-order valence-electron chi connectivity index (χ1n) is 12.6. The van der Waals surface area contributed by atoms with Crippen LogP contribution in [0.25, 0.3) is 0 Å². The second-order valence-electron chi connectivity index (χ2n) is 10.5. The summed E-state index contributed by atoms with van der Waals surface area (Å²) in [5, 5.41) is 1.55. The Hall–Kier alpha value is -2.62. The molecule has 0 radical (unpaired) electrons. The molecule has 5 heterocycles. The van der Waals surface area contributed by atoms with Gasteiger partial charge in [-0.2, -0.15) is 0 Å². The van der Waals surface area contributed by atoms with Crippen LogP contribution in [0, 0.1) is 5.92 Å². The van der Waals surface area contributed by atoms with E-state index in [1.54, 1.807) is 48.4 Å². The van der Waals surface area contributed by atoms with Crippen LogP contribution in [0.15, 0.2) is 52.3 Å². The third-order valence-electron chi connectivity index (χ3n) is 7.37. The number of likely N-dealkylation sites (tertiary alicyclic amines) is 1. The molecule has 200 valence electrons. The first kappa shape index (κ1) is 27.0. The third kappa shape index (κ3) is 4.48. The Morgan fingerprint density at radius 1 is 1.11 bits per heavy atom. The lowest BCUT2D eigenvalue weighted by atomic mass is 9.82. The normalized spacial score (nSPS) is 24.8. The number of amides is 2. The van der Waals surface area contributed by atoms with Gasteiger partial charge in [-0.25, -0.2) is 15.0 Å². The molecule has 1 fully saturated rings. The molecule has 38 heavy (non-hydrogen) atoms. The number of fused-ring (bicyclic) bond motifs is 1. The van der Waals surface area contributed by atoms with E-state index in [-0.39, 0.29) is 23.8 Å². The topological polar surface area (TPSA) is 82.0 Å². The van der Waals surface area contributed by atoms with Crippen molar-refractivity contribution in [2.45, 2.75) is 51.2 Å². The molecule has 1 saturated heterocycles. The molecular formula is C27H30Cl2N6O2S.